The van der Waals surface area contributed by atoms with Crippen molar-refractivity contribution in [2.45, 2.75) is 76.3 Å². The van der Waals surface area contributed by atoms with Gasteiger partial charge < -0.3 is 9.64 Å². The molecule has 9 heteroatoms. The highest BCUT2D eigenvalue weighted by Crippen LogP contribution is 2.37. The van der Waals surface area contributed by atoms with E-state index in [1.807, 2.05) is 0 Å². The number of carbonyl (C=O) groups is 1. The molecule has 1 N–H and O–H groups in total. The number of ether oxygens (including phenoxy) is 1. The number of sulfonamides is 1. The fraction of sp³-hybridized carbons (Fsp3) is 0.577. The molecule has 3 heterocycles. The highest BCUT2D eigenvalue weighted by Gasteiger charge is 2.39. The molecule has 1 saturated carbocycles. The van der Waals surface area contributed by atoms with Gasteiger partial charge in [-0.2, -0.15) is 13.4 Å². The number of amides is 1. The van der Waals surface area contributed by atoms with Crippen molar-refractivity contribution in [1.82, 2.24) is 14.7 Å². The van der Waals surface area contributed by atoms with Gasteiger partial charge in [-0.1, -0.05) is 45.1 Å². The molecule has 1 saturated heterocycles. The molecule has 4 rings (SSSR count). The Morgan fingerprint density at radius 1 is 1.17 bits per heavy atom. The first-order chi connectivity index (χ1) is 16.7. The second kappa shape index (κ2) is 10.5. The third kappa shape index (κ3) is 6.12. The topological polar surface area (TPSA) is 101 Å². The first-order valence-corrected chi connectivity index (χ1v) is 14.0. The summed E-state index contributed by atoms with van der Waals surface area (Å²) in [6.07, 6.45) is 9.80. The second-order valence-corrected chi connectivity index (χ2v) is 12.1. The second-order valence-electron chi connectivity index (χ2n) is 10.5. The Morgan fingerprint density at radius 3 is 2.66 bits per heavy atom. The molecular weight excluding hydrogens is 464 g/mol. The van der Waals surface area contributed by atoms with Crippen LogP contribution < -0.4 is 14.4 Å². The van der Waals surface area contributed by atoms with Crippen LogP contribution in [0.4, 0.5) is 5.82 Å². The third-order valence-electron chi connectivity index (χ3n) is 7.06. The predicted octanol–water partition coefficient (Wildman–Crippen LogP) is 4.57. The van der Waals surface area contributed by atoms with Gasteiger partial charge in [0.25, 0.3) is 15.9 Å². The Bertz CT molecular complexity index is 1150. The van der Waals surface area contributed by atoms with Crippen LogP contribution in [0.15, 0.2) is 41.6 Å². The fourth-order valence-corrected chi connectivity index (χ4v) is 6.34. The van der Waals surface area contributed by atoms with E-state index in [1.54, 1.807) is 30.5 Å². The summed E-state index contributed by atoms with van der Waals surface area (Å²) in [5.41, 5.74) is 0.0325. The lowest BCUT2D eigenvalue weighted by Crippen LogP contribution is -2.41. The molecule has 0 spiro atoms. The lowest BCUT2D eigenvalue weighted by atomic mass is 9.87. The average molecular weight is 501 g/mol. The van der Waals surface area contributed by atoms with Crippen molar-refractivity contribution in [2.24, 2.45) is 11.8 Å². The molecule has 2 fully saturated rings. The van der Waals surface area contributed by atoms with E-state index >= 15 is 0 Å². The molecule has 190 valence electrons. The quantitative estimate of drug-likeness (QED) is 0.566. The van der Waals surface area contributed by atoms with Crippen LogP contribution in [-0.4, -0.2) is 43.0 Å². The van der Waals surface area contributed by atoms with Crippen LogP contribution >= 0.6 is 0 Å². The number of hydrogen-bond acceptors (Lipinski definition) is 7. The molecule has 2 aromatic heterocycles. The van der Waals surface area contributed by atoms with Crippen LogP contribution in [0, 0.1) is 11.8 Å². The van der Waals surface area contributed by atoms with E-state index in [-0.39, 0.29) is 22.0 Å². The maximum Gasteiger partial charge on any atom is 0.281 e. The summed E-state index contributed by atoms with van der Waals surface area (Å²) in [5, 5.41) is -0.249. The summed E-state index contributed by atoms with van der Waals surface area (Å²) >= 11 is 0. The number of carbonyl (C=O) groups excluding carboxylic acids is 1. The monoisotopic (exact) mass is 500 g/mol. The van der Waals surface area contributed by atoms with E-state index in [0.717, 1.165) is 19.4 Å². The lowest BCUT2D eigenvalue weighted by molar-refractivity contribution is 0.0981. The number of anilines is 1. The molecule has 1 amide bonds. The van der Waals surface area contributed by atoms with E-state index in [1.165, 1.54) is 38.2 Å². The molecule has 2 aliphatic rings. The van der Waals surface area contributed by atoms with E-state index in [4.69, 9.17) is 4.74 Å². The van der Waals surface area contributed by atoms with Crippen molar-refractivity contribution in [3.8, 4) is 5.88 Å². The lowest BCUT2D eigenvalue weighted by Gasteiger charge is -2.33. The van der Waals surface area contributed by atoms with Crippen LogP contribution in [0.5, 0.6) is 5.88 Å². The average Bonchev–Trinajstić information content (AvgIpc) is 3.11. The van der Waals surface area contributed by atoms with Crippen molar-refractivity contribution >= 4 is 21.7 Å². The maximum atomic E-state index is 13.1. The number of pyridine rings is 2. The third-order valence-corrected chi connectivity index (χ3v) is 8.29. The molecule has 1 unspecified atom stereocenters. The van der Waals surface area contributed by atoms with Crippen molar-refractivity contribution in [1.29, 1.82) is 0 Å². The molecular formula is C26H36N4O4S. The smallest absolute Gasteiger partial charge is 0.281 e. The molecule has 0 radical (unpaired) electrons. The van der Waals surface area contributed by atoms with Gasteiger partial charge in [0.05, 0.1) is 12.2 Å². The first-order valence-electron chi connectivity index (χ1n) is 12.6. The van der Waals surface area contributed by atoms with Gasteiger partial charge in [-0.25, -0.2) is 9.71 Å². The number of nitrogens with one attached hydrogen (secondary N) is 1. The number of rotatable bonds is 8. The Kier molecular flexibility index (Phi) is 7.64. The number of nitrogens with zero attached hydrogens (tertiary/aromatic N) is 3. The Hall–Kier alpha value is -2.68. The van der Waals surface area contributed by atoms with Crippen LogP contribution in [0.25, 0.3) is 0 Å². The van der Waals surface area contributed by atoms with Gasteiger partial charge in [-0.3, -0.25) is 4.79 Å². The van der Waals surface area contributed by atoms with E-state index in [0.29, 0.717) is 24.3 Å². The van der Waals surface area contributed by atoms with Gasteiger partial charge >= 0.3 is 0 Å². The van der Waals surface area contributed by atoms with Gasteiger partial charge in [0.2, 0.25) is 5.88 Å². The fourth-order valence-electron chi connectivity index (χ4n) is 5.41. The van der Waals surface area contributed by atoms with Crippen molar-refractivity contribution in [3.63, 3.8) is 0 Å². The minimum absolute atomic E-state index is 0.188. The molecule has 0 aromatic carbocycles. The van der Waals surface area contributed by atoms with E-state index < -0.39 is 15.9 Å². The normalized spacial score (nSPS) is 20.5. The summed E-state index contributed by atoms with van der Waals surface area (Å²) < 4.78 is 34.0. The number of hydrogen-bond donors (Lipinski definition) is 1. The van der Waals surface area contributed by atoms with Gasteiger partial charge in [0.15, 0.2) is 5.03 Å². The van der Waals surface area contributed by atoms with Crippen LogP contribution in [0.2, 0.25) is 0 Å². The van der Waals surface area contributed by atoms with E-state index in [2.05, 4.69) is 40.4 Å². The summed E-state index contributed by atoms with van der Waals surface area (Å²) in [5.74, 6) is 1.10. The maximum absolute atomic E-state index is 13.1. The van der Waals surface area contributed by atoms with Crippen molar-refractivity contribution in [2.75, 3.05) is 18.1 Å². The van der Waals surface area contributed by atoms with Crippen molar-refractivity contribution in [3.05, 3.63) is 42.1 Å². The highest BCUT2D eigenvalue weighted by atomic mass is 32.2. The summed E-state index contributed by atoms with van der Waals surface area (Å²) in [6.45, 7) is 7.61. The molecule has 35 heavy (non-hydrogen) atoms. The van der Waals surface area contributed by atoms with Gasteiger partial charge in [0.1, 0.15) is 5.82 Å². The van der Waals surface area contributed by atoms with Gasteiger partial charge in [-0.15, -0.1) is 0 Å². The Morgan fingerprint density at radius 2 is 1.94 bits per heavy atom. The van der Waals surface area contributed by atoms with Crippen LogP contribution in [0.3, 0.4) is 0 Å². The number of aromatic nitrogens is 2. The molecule has 1 atom stereocenters. The first kappa shape index (κ1) is 25.4. The van der Waals surface area contributed by atoms with E-state index in [9.17, 15) is 13.2 Å². The molecule has 1 aliphatic carbocycles. The largest absolute Gasteiger partial charge is 0.478 e. The Labute approximate surface area is 208 Å². The van der Waals surface area contributed by atoms with Gasteiger partial charge in [0, 0.05) is 24.3 Å². The summed E-state index contributed by atoms with van der Waals surface area (Å²) in [6, 6.07) is 7.81. The minimum Gasteiger partial charge on any atom is -0.478 e. The SMILES string of the molecule is CC1CN(c2ncccc2C(=O)NS(=O)(=O)c2cccc(OCCC3CCCCC3)n2)C(C)(C)C1. The van der Waals surface area contributed by atoms with Gasteiger partial charge in [-0.05, 0) is 56.7 Å². The molecule has 1 aliphatic heterocycles. The predicted molar refractivity (Wildman–Crippen MR) is 135 cm³/mol. The van der Waals surface area contributed by atoms with Crippen LogP contribution in [0.1, 0.15) is 76.1 Å². The van der Waals surface area contributed by atoms with Crippen molar-refractivity contribution < 1.29 is 17.9 Å². The Balaban J connectivity index is 1.45. The summed E-state index contributed by atoms with van der Waals surface area (Å²) in [7, 11) is -4.19. The zero-order chi connectivity index (χ0) is 25.1. The zero-order valence-corrected chi connectivity index (χ0v) is 21.7. The summed E-state index contributed by atoms with van der Waals surface area (Å²) in [4.78, 5) is 23.8. The molecule has 8 nitrogen and oxygen atoms in total. The molecule has 2 aromatic rings. The minimum atomic E-state index is -4.19. The zero-order valence-electron chi connectivity index (χ0n) is 20.9. The highest BCUT2D eigenvalue weighted by molar-refractivity contribution is 7.90. The van der Waals surface area contributed by atoms with Crippen LogP contribution in [-0.2, 0) is 10.0 Å². The standard InChI is InChI=1S/C26H36N4O4S/c1-19-17-26(2,3)30(18-19)24-21(11-8-15-27-24)25(31)29-35(32,33)23-13-7-12-22(28-23)34-16-14-20-9-5-4-6-10-20/h7-8,11-13,15,19-20H,4-6,9-10,14,16-18H2,1-3H3,(H,29,31). The molecule has 0 bridgehead atoms.